The normalized spacial score (nSPS) is 10.5. The maximum atomic E-state index is 12.2. The molecule has 2 heterocycles. The number of hydrogen-bond acceptors (Lipinski definition) is 3. The molecule has 1 N–H and O–H groups in total. The van der Waals surface area contributed by atoms with Crippen LogP contribution < -0.4 is 5.32 Å². The Kier molecular flexibility index (Phi) is 4.88. The molecule has 0 aliphatic rings. The van der Waals surface area contributed by atoms with Crippen LogP contribution in [-0.4, -0.2) is 20.7 Å². The van der Waals surface area contributed by atoms with Crippen LogP contribution in [0.5, 0.6) is 0 Å². The smallest absolute Gasteiger partial charge is 0.256 e. The van der Waals surface area contributed by atoms with E-state index >= 15 is 0 Å². The maximum absolute atomic E-state index is 12.2. The van der Waals surface area contributed by atoms with E-state index in [1.165, 1.54) is 0 Å². The molecule has 0 spiro atoms. The van der Waals surface area contributed by atoms with Gasteiger partial charge in [0.05, 0.1) is 17.2 Å². The molecule has 0 aliphatic heterocycles. The van der Waals surface area contributed by atoms with Gasteiger partial charge in [0.2, 0.25) is 0 Å². The van der Waals surface area contributed by atoms with Crippen LogP contribution in [0.2, 0.25) is 0 Å². The van der Waals surface area contributed by atoms with Gasteiger partial charge in [-0.15, -0.1) is 0 Å². The van der Waals surface area contributed by atoms with Gasteiger partial charge in [0.25, 0.3) is 5.91 Å². The highest BCUT2D eigenvalue weighted by Crippen LogP contribution is 2.13. The zero-order valence-corrected chi connectivity index (χ0v) is 15.1. The van der Waals surface area contributed by atoms with Crippen LogP contribution >= 0.6 is 31.9 Å². The van der Waals surface area contributed by atoms with Crippen molar-refractivity contribution >= 4 is 43.6 Å². The Morgan fingerprint density at radius 2 is 1.83 bits per heavy atom. The fourth-order valence-electron chi connectivity index (χ4n) is 2.01. The quantitative estimate of drug-likeness (QED) is 0.670. The molecule has 0 bridgehead atoms. The van der Waals surface area contributed by atoms with E-state index in [9.17, 15) is 4.79 Å². The van der Waals surface area contributed by atoms with E-state index < -0.39 is 0 Å². The summed E-state index contributed by atoms with van der Waals surface area (Å²) in [6, 6.07) is 11.0. The number of anilines is 1. The van der Waals surface area contributed by atoms with Crippen LogP contribution in [0.25, 0.3) is 0 Å². The molecule has 1 aromatic carbocycles. The third-order valence-corrected chi connectivity index (χ3v) is 4.01. The zero-order valence-electron chi connectivity index (χ0n) is 11.9. The molecule has 3 aromatic rings. The van der Waals surface area contributed by atoms with Gasteiger partial charge in [0.15, 0.2) is 0 Å². The van der Waals surface area contributed by atoms with Gasteiger partial charge in [-0.05, 0) is 61.7 Å². The number of carbonyl (C=O) groups excluding carboxylic acids is 1. The number of rotatable bonds is 4. The minimum atomic E-state index is -0.187. The molecule has 0 saturated heterocycles. The van der Waals surface area contributed by atoms with Crippen molar-refractivity contribution in [2.75, 3.05) is 5.32 Å². The first-order valence-electron chi connectivity index (χ1n) is 6.80. The van der Waals surface area contributed by atoms with Crippen LogP contribution in [0.4, 0.5) is 5.82 Å². The van der Waals surface area contributed by atoms with Gasteiger partial charge in [-0.2, -0.15) is 5.10 Å². The Morgan fingerprint density at radius 3 is 2.43 bits per heavy atom. The second-order valence-corrected chi connectivity index (χ2v) is 6.70. The van der Waals surface area contributed by atoms with Gasteiger partial charge < -0.3 is 5.32 Å². The van der Waals surface area contributed by atoms with E-state index in [-0.39, 0.29) is 5.91 Å². The van der Waals surface area contributed by atoms with Crippen LogP contribution in [0, 0.1) is 0 Å². The summed E-state index contributed by atoms with van der Waals surface area (Å²) in [6.07, 6.45) is 5.29. The second kappa shape index (κ2) is 7.06. The Balaban J connectivity index is 1.66. The molecule has 1 amide bonds. The minimum absolute atomic E-state index is 0.187. The summed E-state index contributed by atoms with van der Waals surface area (Å²) >= 11 is 6.67. The Hall–Kier alpha value is -1.99. The number of nitrogens with one attached hydrogen (secondary N) is 1. The predicted octanol–water partition coefficient (Wildman–Crippen LogP) is 4.10. The summed E-state index contributed by atoms with van der Waals surface area (Å²) < 4.78 is 3.63. The molecule has 3 rings (SSSR count). The van der Waals surface area contributed by atoms with Crippen molar-refractivity contribution in [2.24, 2.45) is 0 Å². The van der Waals surface area contributed by atoms with Gasteiger partial charge >= 0.3 is 0 Å². The molecule has 5 nitrogen and oxygen atoms in total. The Bertz CT molecular complexity index is 813. The standard InChI is InChI=1S/C16H12Br2N4O/c17-13-5-6-15(19-7-13)21-16(23)12-3-1-11(2-4-12)9-22-10-14(18)8-20-22/h1-8,10H,9H2,(H,19,21,23). The molecule has 0 saturated carbocycles. The minimum Gasteiger partial charge on any atom is -0.307 e. The van der Waals surface area contributed by atoms with Crippen LogP contribution in [0.15, 0.2) is 63.9 Å². The molecule has 116 valence electrons. The molecule has 0 unspecified atom stereocenters. The topological polar surface area (TPSA) is 59.8 Å². The lowest BCUT2D eigenvalue weighted by molar-refractivity contribution is 0.102. The number of amides is 1. The highest BCUT2D eigenvalue weighted by Gasteiger charge is 2.07. The molecule has 0 aliphatic carbocycles. The van der Waals surface area contributed by atoms with E-state index in [0.29, 0.717) is 17.9 Å². The SMILES string of the molecule is O=C(Nc1ccc(Br)cn1)c1ccc(Cn2cc(Br)cn2)cc1. The summed E-state index contributed by atoms with van der Waals surface area (Å²) in [6.45, 7) is 0.655. The number of hydrogen-bond donors (Lipinski definition) is 1. The van der Waals surface area contributed by atoms with Gasteiger partial charge in [-0.25, -0.2) is 4.98 Å². The molecular formula is C16H12Br2N4O. The number of aromatic nitrogens is 3. The largest absolute Gasteiger partial charge is 0.307 e. The van der Waals surface area contributed by atoms with E-state index in [4.69, 9.17) is 0 Å². The summed E-state index contributed by atoms with van der Waals surface area (Å²) in [7, 11) is 0. The van der Waals surface area contributed by atoms with Gasteiger partial charge in [0, 0.05) is 22.4 Å². The maximum Gasteiger partial charge on any atom is 0.256 e. The van der Waals surface area contributed by atoms with E-state index in [1.54, 1.807) is 30.6 Å². The third kappa shape index (κ3) is 4.27. The highest BCUT2D eigenvalue weighted by atomic mass is 79.9. The molecular weight excluding hydrogens is 424 g/mol. The third-order valence-electron chi connectivity index (χ3n) is 3.13. The van der Waals surface area contributed by atoms with Crippen molar-refractivity contribution < 1.29 is 4.79 Å². The summed E-state index contributed by atoms with van der Waals surface area (Å²) in [5.74, 6) is 0.330. The number of halogens is 2. The summed E-state index contributed by atoms with van der Waals surface area (Å²) in [5, 5.41) is 6.97. The van der Waals surface area contributed by atoms with Crippen molar-refractivity contribution in [3.63, 3.8) is 0 Å². The van der Waals surface area contributed by atoms with Crippen molar-refractivity contribution in [1.82, 2.24) is 14.8 Å². The fourth-order valence-corrected chi connectivity index (χ4v) is 2.57. The molecule has 0 fully saturated rings. The second-order valence-electron chi connectivity index (χ2n) is 4.87. The fraction of sp³-hybridized carbons (Fsp3) is 0.0625. The Morgan fingerprint density at radius 1 is 1.04 bits per heavy atom. The van der Waals surface area contributed by atoms with Crippen molar-refractivity contribution in [2.45, 2.75) is 6.54 Å². The average molecular weight is 436 g/mol. The number of benzene rings is 1. The average Bonchev–Trinajstić information content (AvgIpc) is 2.95. The highest BCUT2D eigenvalue weighted by molar-refractivity contribution is 9.10. The van der Waals surface area contributed by atoms with E-state index in [0.717, 1.165) is 14.5 Å². The summed E-state index contributed by atoms with van der Waals surface area (Å²) in [5.41, 5.74) is 1.65. The lowest BCUT2D eigenvalue weighted by atomic mass is 10.1. The molecule has 2 aromatic heterocycles. The zero-order chi connectivity index (χ0) is 16.2. The van der Waals surface area contributed by atoms with Crippen LogP contribution in [0.1, 0.15) is 15.9 Å². The first-order chi connectivity index (χ1) is 11.1. The molecule has 23 heavy (non-hydrogen) atoms. The monoisotopic (exact) mass is 434 g/mol. The van der Waals surface area contributed by atoms with Gasteiger partial charge in [-0.3, -0.25) is 9.48 Å². The molecule has 0 radical (unpaired) electrons. The van der Waals surface area contributed by atoms with Gasteiger partial charge in [-0.1, -0.05) is 12.1 Å². The first kappa shape index (κ1) is 15.9. The summed E-state index contributed by atoms with van der Waals surface area (Å²) in [4.78, 5) is 16.3. The lowest BCUT2D eigenvalue weighted by Crippen LogP contribution is -2.13. The van der Waals surface area contributed by atoms with E-state index in [2.05, 4.69) is 47.3 Å². The van der Waals surface area contributed by atoms with E-state index in [1.807, 2.05) is 29.1 Å². The lowest BCUT2D eigenvalue weighted by Gasteiger charge is -2.06. The number of pyridine rings is 1. The van der Waals surface area contributed by atoms with Crippen molar-refractivity contribution in [3.05, 3.63) is 75.1 Å². The van der Waals surface area contributed by atoms with Crippen molar-refractivity contribution in [3.8, 4) is 0 Å². The van der Waals surface area contributed by atoms with Crippen LogP contribution in [0.3, 0.4) is 0 Å². The number of nitrogens with zero attached hydrogens (tertiary/aromatic N) is 3. The van der Waals surface area contributed by atoms with Gasteiger partial charge in [0.1, 0.15) is 5.82 Å². The molecule has 7 heteroatoms. The molecule has 0 atom stereocenters. The first-order valence-corrected chi connectivity index (χ1v) is 8.38. The van der Waals surface area contributed by atoms with Crippen molar-refractivity contribution in [1.29, 1.82) is 0 Å². The predicted molar refractivity (Wildman–Crippen MR) is 95.4 cm³/mol. The number of carbonyl (C=O) groups is 1. The Labute approximate surface area is 150 Å². The van der Waals surface area contributed by atoms with Crippen LogP contribution in [-0.2, 0) is 6.54 Å².